The number of aryl methyl sites for hydroxylation is 3. The maximum absolute atomic E-state index is 13.2. The molecule has 3 aromatic rings. The van der Waals surface area contributed by atoms with Gasteiger partial charge in [-0.3, -0.25) is 0 Å². The first kappa shape index (κ1) is 41.6. The van der Waals surface area contributed by atoms with Gasteiger partial charge in [-0.15, -0.1) is 0 Å². The molecule has 0 fully saturated rings. The minimum atomic E-state index is -4.94. The van der Waals surface area contributed by atoms with Crippen LogP contribution in [0, 0.1) is 19.3 Å². The van der Waals surface area contributed by atoms with Crippen LogP contribution in [-0.2, 0) is 22.4 Å². The standard InChI is InChI=1S/C41H53F3O7/c1-6-8-9-10-11-12-32-13-17-36(18-14-32)49-21-22-50-38-29(3)23-35(24-30(38)4)34-16-15-33(19-20-48-28-40(7-2,26-45)27-46)37(25-34)51-39(47)31(5)41(42,43)44/h13-18,23-25,45-46H,5-12,19-22,26-28H2,1-4H3. The third-order valence-corrected chi connectivity index (χ3v) is 9.09. The van der Waals surface area contributed by atoms with E-state index in [2.05, 4.69) is 25.6 Å². The fourth-order valence-electron chi connectivity index (χ4n) is 5.58. The summed E-state index contributed by atoms with van der Waals surface area (Å²) in [5, 5.41) is 19.4. The average Bonchev–Trinajstić information content (AvgIpc) is 3.11. The van der Waals surface area contributed by atoms with E-state index in [-0.39, 0.29) is 38.6 Å². The molecular formula is C41H53F3O7. The smallest absolute Gasteiger partial charge is 0.422 e. The van der Waals surface area contributed by atoms with Crippen molar-refractivity contribution in [3.8, 4) is 28.4 Å². The van der Waals surface area contributed by atoms with Crippen molar-refractivity contribution in [2.45, 2.75) is 85.2 Å². The lowest BCUT2D eigenvalue weighted by molar-refractivity contribution is -0.142. The van der Waals surface area contributed by atoms with Crippen LogP contribution in [0.15, 0.2) is 66.7 Å². The minimum absolute atomic E-state index is 0.0506. The van der Waals surface area contributed by atoms with E-state index in [1.54, 1.807) is 12.1 Å². The Morgan fingerprint density at radius 2 is 1.43 bits per heavy atom. The number of esters is 1. The van der Waals surface area contributed by atoms with E-state index in [0.29, 0.717) is 36.5 Å². The van der Waals surface area contributed by atoms with Gasteiger partial charge in [-0.2, -0.15) is 13.2 Å². The van der Waals surface area contributed by atoms with Crippen LogP contribution >= 0.6 is 0 Å². The molecule has 0 radical (unpaired) electrons. The SMILES string of the molecule is C=C(C(=O)Oc1cc(-c2cc(C)c(OCCOc3ccc(CCCCCCC)cc3)c(C)c2)ccc1CCOCC(CC)(CO)CO)C(F)(F)F. The maximum atomic E-state index is 13.2. The molecule has 0 aliphatic rings. The van der Waals surface area contributed by atoms with E-state index in [1.807, 2.05) is 45.0 Å². The molecule has 0 aliphatic carbocycles. The number of halogens is 3. The van der Waals surface area contributed by atoms with Gasteiger partial charge in [-0.05, 0) is 103 Å². The van der Waals surface area contributed by atoms with Gasteiger partial charge in [-0.1, -0.05) is 70.4 Å². The number of hydrogen-bond acceptors (Lipinski definition) is 7. The van der Waals surface area contributed by atoms with Gasteiger partial charge in [0.05, 0.1) is 26.4 Å². The van der Waals surface area contributed by atoms with Gasteiger partial charge in [-0.25, -0.2) is 4.79 Å². The molecule has 3 aromatic carbocycles. The molecule has 3 rings (SSSR count). The normalized spacial score (nSPS) is 11.8. The van der Waals surface area contributed by atoms with Crippen LogP contribution in [0.2, 0.25) is 0 Å². The highest BCUT2D eigenvalue weighted by Crippen LogP contribution is 2.34. The number of hydrogen-bond donors (Lipinski definition) is 2. The van der Waals surface area contributed by atoms with E-state index in [0.717, 1.165) is 28.9 Å². The van der Waals surface area contributed by atoms with Crippen molar-refractivity contribution in [3.05, 3.63) is 89.0 Å². The molecular weight excluding hydrogens is 661 g/mol. The van der Waals surface area contributed by atoms with Crippen LogP contribution in [0.25, 0.3) is 11.1 Å². The van der Waals surface area contributed by atoms with Crippen LogP contribution in [0.3, 0.4) is 0 Å². The molecule has 280 valence electrons. The molecule has 0 aliphatic heterocycles. The molecule has 0 aromatic heterocycles. The van der Waals surface area contributed by atoms with Crippen molar-refractivity contribution >= 4 is 5.97 Å². The van der Waals surface area contributed by atoms with Gasteiger partial charge in [0.25, 0.3) is 0 Å². The van der Waals surface area contributed by atoms with Crippen LogP contribution in [0.5, 0.6) is 17.2 Å². The summed E-state index contributed by atoms with van der Waals surface area (Å²) in [6.45, 7) is 11.1. The van der Waals surface area contributed by atoms with Gasteiger partial charge in [0.1, 0.15) is 36.0 Å². The van der Waals surface area contributed by atoms with Crippen molar-refractivity contribution in [2.24, 2.45) is 5.41 Å². The fraction of sp³-hybridized carbons (Fsp3) is 0.488. The summed E-state index contributed by atoms with van der Waals surface area (Å²) in [4.78, 5) is 12.4. The van der Waals surface area contributed by atoms with Crippen molar-refractivity contribution in [1.29, 1.82) is 0 Å². The molecule has 0 saturated heterocycles. The first-order valence-electron chi connectivity index (χ1n) is 17.7. The number of carbonyl (C=O) groups is 1. The second kappa shape index (κ2) is 20.2. The van der Waals surface area contributed by atoms with E-state index >= 15 is 0 Å². The number of ether oxygens (including phenoxy) is 4. The summed E-state index contributed by atoms with van der Waals surface area (Å²) in [5.41, 5.74) is 2.41. The number of carbonyl (C=O) groups excluding carboxylic acids is 1. The second-order valence-electron chi connectivity index (χ2n) is 13.1. The van der Waals surface area contributed by atoms with Gasteiger partial charge in [0, 0.05) is 5.41 Å². The van der Waals surface area contributed by atoms with Crippen molar-refractivity contribution in [1.82, 2.24) is 0 Å². The molecule has 0 unspecified atom stereocenters. The molecule has 51 heavy (non-hydrogen) atoms. The van der Waals surface area contributed by atoms with E-state index < -0.39 is 23.1 Å². The summed E-state index contributed by atoms with van der Waals surface area (Å²) in [5.74, 6) is -0.159. The summed E-state index contributed by atoms with van der Waals surface area (Å²) < 4.78 is 62.6. The van der Waals surface area contributed by atoms with E-state index in [9.17, 15) is 28.2 Å². The Labute approximate surface area is 300 Å². The Kier molecular flexibility index (Phi) is 16.5. The third-order valence-electron chi connectivity index (χ3n) is 9.09. The highest BCUT2D eigenvalue weighted by atomic mass is 19.4. The van der Waals surface area contributed by atoms with Crippen LogP contribution in [0.1, 0.15) is 74.6 Å². The molecule has 2 N–H and O–H groups in total. The molecule has 0 saturated carbocycles. The molecule has 0 bridgehead atoms. The molecule has 0 spiro atoms. The number of rotatable bonds is 22. The fourth-order valence-corrected chi connectivity index (χ4v) is 5.58. The lowest BCUT2D eigenvalue weighted by atomic mass is 9.88. The second-order valence-corrected chi connectivity index (χ2v) is 13.1. The largest absolute Gasteiger partial charge is 0.490 e. The number of alkyl halides is 3. The molecule has 0 atom stereocenters. The summed E-state index contributed by atoms with van der Waals surface area (Å²) in [6.07, 6.45) is 3.08. The summed E-state index contributed by atoms with van der Waals surface area (Å²) >= 11 is 0. The topological polar surface area (TPSA) is 94.5 Å². The lowest BCUT2D eigenvalue weighted by Gasteiger charge is -2.27. The van der Waals surface area contributed by atoms with Crippen LogP contribution in [0.4, 0.5) is 13.2 Å². The zero-order valence-corrected chi connectivity index (χ0v) is 30.4. The Hall–Kier alpha value is -3.86. The number of unbranched alkanes of at least 4 members (excludes halogenated alkanes) is 4. The maximum Gasteiger partial charge on any atom is 0.422 e. The first-order chi connectivity index (χ1) is 24.4. The predicted molar refractivity (Wildman–Crippen MR) is 193 cm³/mol. The zero-order chi connectivity index (χ0) is 37.4. The summed E-state index contributed by atoms with van der Waals surface area (Å²) in [7, 11) is 0. The van der Waals surface area contributed by atoms with Crippen molar-refractivity contribution in [3.63, 3.8) is 0 Å². The molecule has 10 heteroatoms. The van der Waals surface area contributed by atoms with Gasteiger partial charge >= 0.3 is 12.1 Å². The minimum Gasteiger partial charge on any atom is -0.490 e. The Morgan fingerprint density at radius 1 is 0.784 bits per heavy atom. The monoisotopic (exact) mass is 714 g/mol. The Bertz CT molecular complexity index is 1510. The summed E-state index contributed by atoms with van der Waals surface area (Å²) in [6, 6.07) is 17.0. The Morgan fingerprint density at radius 3 is 2.04 bits per heavy atom. The van der Waals surface area contributed by atoms with Crippen LogP contribution in [-0.4, -0.2) is 62.0 Å². The third kappa shape index (κ3) is 12.7. The van der Waals surface area contributed by atoms with Gasteiger partial charge < -0.3 is 29.2 Å². The quantitative estimate of drug-likeness (QED) is 0.0465. The highest BCUT2D eigenvalue weighted by molar-refractivity contribution is 5.91. The zero-order valence-electron chi connectivity index (χ0n) is 30.4. The van der Waals surface area contributed by atoms with Gasteiger partial charge in [0.15, 0.2) is 0 Å². The van der Waals surface area contributed by atoms with Crippen LogP contribution < -0.4 is 14.2 Å². The predicted octanol–water partition coefficient (Wildman–Crippen LogP) is 8.91. The number of aliphatic hydroxyl groups excluding tert-OH is 2. The highest BCUT2D eigenvalue weighted by Gasteiger charge is 2.38. The lowest BCUT2D eigenvalue weighted by Crippen LogP contribution is -2.34. The Balaban J connectivity index is 1.67. The van der Waals surface area contributed by atoms with Gasteiger partial charge in [0.2, 0.25) is 0 Å². The van der Waals surface area contributed by atoms with E-state index in [4.69, 9.17) is 18.9 Å². The average molecular weight is 715 g/mol. The molecule has 7 nitrogen and oxygen atoms in total. The van der Waals surface area contributed by atoms with Crippen molar-refractivity contribution in [2.75, 3.05) is 39.6 Å². The number of aliphatic hydroxyl groups is 2. The molecule has 0 heterocycles. The molecule has 0 amide bonds. The first-order valence-corrected chi connectivity index (χ1v) is 17.7. The number of benzene rings is 3. The van der Waals surface area contributed by atoms with E-state index in [1.165, 1.54) is 43.7 Å². The van der Waals surface area contributed by atoms with Crippen molar-refractivity contribution < 1.29 is 47.1 Å².